The van der Waals surface area contributed by atoms with Crippen molar-refractivity contribution in [1.29, 1.82) is 0 Å². The Bertz CT molecular complexity index is 824. The van der Waals surface area contributed by atoms with E-state index in [-0.39, 0.29) is 11.6 Å². The molecule has 0 aliphatic heterocycles. The Kier molecular flexibility index (Phi) is 4.10. The van der Waals surface area contributed by atoms with Gasteiger partial charge in [-0.05, 0) is 31.2 Å². The third-order valence-electron chi connectivity index (χ3n) is 3.54. The van der Waals surface area contributed by atoms with Crippen LogP contribution in [0.25, 0.3) is 11.0 Å². The van der Waals surface area contributed by atoms with Crippen molar-refractivity contribution in [2.45, 2.75) is 19.4 Å². The van der Waals surface area contributed by atoms with Gasteiger partial charge in [-0.2, -0.15) is 0 Å². The molecule has 1 heterocycles. The molecule has 0 saturated carbocycles. The second-order valence-corrected chi connectivity index (χ2v) is 5.45. The summed E-state index contributed by atoms with van der Waals surface area (Å²) in [6.45, 7) is 1.80. The summed E-state index contributed by atoms with van der Waals surface area (Å²) in [7, 11) is 0. The monoisotopic (exact) mass is 315 g/mol. The second-order valence-electron chi connectivity index (χ2n) is 5.45. The van der Waals surface area contributed by atoms with Gasteiger partial charge in [0.1, 0.15) is 23.0 Å². The number of halogens is 2. The van der Waals surface area contributed by atoms with Gasteiger partial charge in [0.25, 0.3) is 5.91 Å². The first-order valence-electron chi connectivity index (χ1n) is 7.26. The molecular weight excluding hydrogens is 300 g/mol. The second kappa shape index (κ2) is 6.20. The number of para-hydroxylation sites is 1. The van der Waals surface area contributed by atoms with Gasteiger partial charge in [-0.1, -0.05) is 18.2 Å². The lowest BCUT2D eigenvalue weighted by Crippen LogP contribution is -2.34. The number of fused-ring (bicyclic) bond motifs is 1. The number of benzene rings is 2. The van der Waals surface area contributed by atoms with Crippen LogP contribution in [0.5, 0.6) is 0 Å². The maximum absolute atomic E-state index is 13.6. The minimum absolute atomic E-state index is 0.178. The minimum atomic E-state index is -0.876. The molecule has 1 amide bonds. The zero-order chi connectivity index (χ0) is 16.4. The van der Waals surface area contributed by atoms with E-state index in [9.17, 15) is 13.6 Å². The first kappa shape index (κ1) is 15.2. The van der Waals surface area contributed by atoms with E-state index in [2.05, 4.69) is 5.32 Å². The topological polar surface area (TPSA) is 42.2 Å². The zero-order valence-corrected chi connectivity index (χ0v) is 12.5. The summed E-state index contributed by atoms with van der Waals surface area (Å²) in [5, 5.41) is 3.68. The van der Waals surface area contributed by atoms with Gasteiger partial charge in [-0.3, -0.25) is 4.79 Å². The highest BCUT2D eigenvalue weighted by Gasteiger charge is 2.16. The highest BCUT2D eigenvalue weighted by atomic mass is 19.1. The zero-order valence-electron chi connectivity index (χ0n) is 12.5. The molecule has 0 aliphatic rings. The predicted octanol–water partition coefficient (Wildman–Crippen LogP) is 4.07. The molecule has 1 aromatic heterocycles. The summed E-state index contributed by atoms with van der Waals surface area (Å²) in [6, 6.07) is 12.2. The van der Waals surface area contributed by atoms with Crippen LogP contribution in [0, 0.1) is 11.6 Å². The smallest absolute Gasteiger partial charge is 0.254 e. The Hall–Kier alpha value is -2.69. The van der Waals surface area contributed by atoms with E-state index in [0.29, 0.717) is 12.5 Å². The molecule has 3 rings (SSSR count). The molecule has 3 nitrogen and oxygen atoms in total. The number of hydrogen-bond donors (Lipinski definition) is 1. The molecule has 0 bridgehead atoms. The standard InChI is InChI=1S/C18H15F2NO2/c1-11(8-14-9-12-4-2-3-5-17(12)23-14)21-18(22)15-7-6-13(19)10-16(15)20/h2-7,9-11H,8H2,1H3,(H,21,22)/t11-/m0/s1. The normalized spacial score (nSPS) is 12.3. The molecule has 5 heteroatoms. The largest absolute Gasteiger partial charge is 0.461 e. The summed E-state index contributed by atoms with van der Waals surface area (Å²) in [4.78, 5) is 12.0. The van der Waals surface area contributed by atoms with Gasteiger partial charge in [-0.25, -0.2) is 8.78 Å². The quantitative estimate of drug-likeness (QED) is 0.788. The summed E-state index contributed by atoms with van der Waals surface area (Å²) < 4.78 is 32.2. The molecule has 0 aliphatic carbocycles. The first-order valence-corrected chi connectivity index (χ1v) is 7.26. The van der Waals surface area contributed by atoms with Crippen molar-refractivity contribution in [2.24, 2.45) is 0 Å². The Morgan fingerprint density at radius 3 is 2.70 bits per heavy atom. The third kappa shape index (κ3) is 3.39. The van der Waals surface area contributed by atoms with Crippen LogP contribution in [0.2, 0.25) is 0 Å². The van der Waals surface area contributed by atoms with Crippen LogP contribution in [0.1, 0.15) is 23.0 Å². The van der Waals surface area contributed by atoms with Crippen LogP contribution >= 0.6 is 0 Å². The molecule has 118 valence electrons. The fourth-order valence-electron chi connectivity index (χ4n) is 2.47. The molecule has 0 saturated heterocycles. The number of amides is 1. The number of nitrogens with one attached hydrogen (secondary N) is 1. The maximum Gasteiger partial charge on any atom is 0.254 e. The van der Waals surface area contributed by atoms with E-state index in [4.69, 9.17) is 4.42 Å². The van der Waals surface area contributed by atoms with Crippen LogP contribution in [0.3, 0.4) is 0 Å². The minimum Gasteiger partial charge on any atom is -0.461 e. The molecule has 23 heavy (non-hydrogen) atoms. The van der Waals surface area contributed by atoms with Crippen LogP contribution < -0.4 is 5.32 Å². The van der Waals surface area contributed by atoms with Gasteiger partial charge in [0, 0.05) is 23.9 Å². The van der Waals surface area contributed by atoms with Crippen LogP contribution in [0.4, 0.5) is 8.78 Å². The van der Waals surface area contributed by atoms with E-state index in [1.54, 1.807) is 6.92 Å². The van der Waals surface area contributed by atoms with E-state index in [0.717, 1.165) is 28.9 Å². The molecule has 3 aromatic rings. The lowest BCUT2D eigenvalue weighted by atomic mass is 10.1. The number of furan rings is 1. The van der Waals surface area contributed by atoms with Gasteiger partial charge < -0.3 is 9.73 Å². The van der Waals surface area contributed by atoms with Gasteiger partial charge in [0.05, 0.1) is 5.56 Å². The predicted molar refractivity (Wildman–Crippen MR) is 83.2 cm³/mol. The number of hydrogen-bond acceptors (Lipinski definition) is 2. The van der Waals surface area contributed by atoms with Crippen LogP contribution in [0.15, 0.2) is 52.9 Å². The molecular formula is C18H15F2NO2. The van der Waals surface area contributed by atoms with Crippen LogP contribution in [-0.2, 0) is 6.42 Å². The van der Waals surface area contributed by atoms with Gasteiger partial charge in [0.15, 0.2) is 0 Å². The van der Waals surface area contributed by atoms with Crippen molar-refractivity contribution in [3.8, 4) is 0 Å². The van der Waals surface area contributed by atoms with E-state index in [1.807, 2.05) is 30.3 Å². The Balaban J connectivity index is 1.68. The fraction of sp³-hybridized carbons (Fsp3) is 0.167. The number of carbonyl (C=O) groups excluding carboxylic acids is 1. The SMILES string of the molecule is C[C@@H](Cc1cc2ccccc2o1)NC(=O)c1ccc(F)cc1F. The van der Waals surface area contributed by atoms with Crippen molar-refractivity contribution in [3.63, 3.8) is 0 Å². The molecule has 0 fully saturated rings. The fourth-order valence-corrected chi connectivity index (χ4v) is 2.47. The van der Waals surface area contributed by atoms with Crippen molar-refractivity contribution < 1.29 is 18.0 Å². The summed E-state index contributed by atoms with van der Waals surface area (Å²) >= 11 is 0. The lowest BCUT2D eigenvalue weighted by Gasteiger charge is -2.13. The van der Waals surface area contributed by atoms with E-state index < -0.39 is 17.5 Å². The molecule has 0 unspecified atom stereocenters. The van der Waals surface area contributed by atoms with Crippen molar-refractivity contribution in [3.05, 3.63) is 71.5 Å². The molecule has 0 radical (unpaired) electrons. The Morgan fingerprint density at radius 1 is 1.17 bits per heavy atom. The highest BCUT2D eigenvalue weighted by Crippen LogP contribution is 2.20. The highest BCUT2D eigenvalue weighted by molar-refractivity contribution is 5.94. The molecule has 1 N–H and O–H groups in total. The van der Waals surface area contributed by atoms with Gasteiger partial charge in [0.2, 0.25) is 0 Å². The summed E-state index contributed by atoms with van der Waals surface area (Å²) in [6.07, 6.45) is 0.475. The van der Waals surface area contributed by atoms with Crippen molar-refractivity contribution in [2.75, 3.05) is 0 Å². The first-order chi connectivity index (χ1) is 11.0. The van der Waals surface area contributed by atoms with Crippen LogP contribution in [-0.4, -0.2) is 11.9 Å². The average molecular weight is 315 g/mol. The third-order valence-corrected chi connectivity index (χ3v) is 3.54. The average Bonchev–Trinajstić information content (AvgIpc) is 2.88. The molecule has 1 atom stereocenters. The number of rotatable bonds is 4. The van der Waals surface area contributed by atoms with Crippen molar-refractivity contribution in [1.82, 2.24) is 5.32 Å². The van der Waals surface area contributed by atoms with E-state index in [1.165, 1.54) is 0 Å². The molecule has 2 aromatic carbocycles. The Morgan fingerprint density at radius 2 is 1.96 bits per heavy atom. The summed E-state index contributed by atoms with van der Waals surface area (Å²) in [5.74, 6) is -1.43. The lowest BCUT2D eigenvalue weighted by molar-refractivity contribution is 0.0935. The van der Waals surface area contributed by atoms with Gasteiger partial charge >= 0.3 is 0 Å². The van der Waals surface area contributed by atoms with Gasteiger partial charge in [-0.15, -0.1) is 0 Å². The van der Waals surface area contributed by atoms with E-state index >= 15 is 0 Å². The molecule has 0 spiro atoms. The Labute approximate surface area is 131 Å². The maximum atomic E-state index is 13.6. The summed E-state index contributed by atoms with van der Waals surface area (Å²) in [5.41, 5.74) is 0.605. The van der Waals surface area contributed by atoms with Crippen molar-refractivity contribution >= 4 is 16.9 Å². The number of carbonyl (C=O) groups is 1.